The second kappa shape index (κ2) is 19.0. The van der Waals surface area contributed by atoms with Crippen molar-refractivity contribution >= 4 is 114 Å². The van der Waals surface area contributed by atoms with Crippen LogP contribution in [0.4, 0.5) is 11.4 Å². The van der Waals surface area contributed by atoms with E-state index in [4.69, 9.17) is 55.9 Å². The number of aliphatic hydroxyl groups is 1. The van der Waals surface area contributed by atoms with Gasteiger partial charge in [0.2, 0.25) is 0 Å². The first-order valence-electron chi connectivity index (χ1n) is 15.6. The molecule has 0 saturated heterocycles. The molecule has 0 saturated carbocycles. The van der Waals surface area contributed by atoms with E-state index in [2.05, 4.69) is 9.89 Å². The molecule has 16 heteroatoms. The molecule has 4 aromatic rings. The minimum absolute atomic E-state index is 0. The first kappa shape index (κ1) is 42.6. The van der Waals surface area contributed by atoms with Crippen molar-refractivity contribution in [2.45, 2.75) is 5.72 Å². The Labute approximate surface area is 352 Å². The molecule has 276 valence electrons. The Balaban J connectivity index is 0.000000224. The largest absolute Gasteiger partial charge is 1.00 e. The summed E-state index contributed by atoms with van der Waals surface area (Å²) in [6.07, 6.45) is 0. The molecule has 0 aromatic heterocycles. The van der Waals surface area contributed by atoms with Crippen LogP contribution in [0.1, 0.15) is 15.9 Å². The number of rotatable bonds is 8. The number of halogens is 6. The van der Waals surface area contributed by atoms with Crippen molar-refractivity contribution in [3.8, 4) is 11.5 Å². The fraction of sp³-hybridized carbons (Fsp3) is 0.250. The highest BCUT2D eigenvalue weighted by Crippen LogP contribution is 2.40. The SMILES string of the molecule is Br.COc1ccc(N(CC(=O)c2ccc(Cl)c(Cl)c2)C2=NCCS2)cc1.COc1ccc(N2CC(O)(c3ccc(Cl)c(Cl)c3)[N+]3=C2SCC3)cc1.[Br-]. The molecule has 52 heavy (non-hydrogen) atoms. The number of Topliss-reactive ketones (excluding diaryl/α,β-unsaturated/α-hetero) is 1. The maximum Gasteiger partial charge on any atom is 0.316 e. The van der Waals surface area contributed by atoms with E-state index < -0.39 is 5.72 Å². The molecule has 4 aromatic carbocycles. The fourth-order valence-corrected chi connectivity index (χ4v) is 8.37. The number of benzene rings is 4. The van der Waals surface area contributed by atoms with Crippen LogP contribution in [0.5, 0.6) is 11.5 Å². The van der Waals surface area contributed by atoms with Gasteiger partial charge in [0.05, 0.1) is 53.9 Å². The zero-order chi connectivity index (χ0) is 35.4. The summed E-state index contributed by atoms with van der Waals surface area (Å²) in [5, 5.41) is 15.1. The molecule has 3 aliphatic rings. The van der Waals surface area contributed by atoms with Crippen LogP contribution in [0, 0.1) is 0 Å². The zero-order valence-electron chi connectivity index (χ0n) is 27.9. The van der Waals surface area contributed by atoms with Crippen molar-refractivity contribution < 1.29 is 40.9 Å². The molecule has 1 unspecified atom stereocenters. The van der Waals surface area contributed by atoms with E-state index in [0.29, 0.717) is 32.2 Å². The van der Waals surface area contributed by atoms with Gasteiger partial charge in [-0.2, -0.15) is 0 Å². The summed E-state index contributed by atoms with van der Waals surface area (Å²) in [4.78, 5) is 21.3. The summed E-state index contributed by atoms with van der Waals surface area (Å²) in [6, 6.07) is 25.7. The van der Waals surface area contributed by atoms with Crippen molar-refractivity contribution in [1.29, 1.82) is 0 Å². The molecule has 0 bridgehead atoms. The number of β-amino-alcohol motifs (C(OH)–C–C–N with tert-alkyl or cyclic N) is 1. The monoisotopic (exact) mass is 948 g/mol. The van der Waals surface area contributed by atoms with Gasteiger partial charge in [-0.25, -0.2) is 9.48 Å². The van der Waals surface area contributed by atoms with Crippen molar-refractivity contribution in [3.05, 3.63) is 116 Å². The van der Waals surface area contributed by atoms with Gasteiger partial charge < -0.3 is 36.5 Å². The Kier molecular flexibility index (Phi) is 15.5. The van der Waals surface area contributed by atoms with Crippen LogP contribution in [0.25, 0.3) is 0 Å². The molecular weight excluding hydrogens is 918 g/mol. The predicted octanol–water partition coefficient (Wildman–Crippen LogP) is 6.16. The molecule has 0 aliphatic carbocycles. The minimum atomic E-state index is -1.13. The van der Waals surface area contributed by atoms with Crippen molar-refractivity contribution in [2.24, 2.45) is 4.99 Å². The standard InChI is InChI=1S/C18H17Cl2N2O2S.C18H16Cl2N2O2S.2BrH/c1-24-14-5-3-13(4-6-14)21-11-18(23,22-8-9-25-17(21)22)12-2-7-15(19)16(20)10-12;1-24-14-5-3-13(4-6-14)22(18-21-8-9-25-18)11-17(23)12-2-7-15(19)16(20)10-12;;/h2-7,10,23H,8-9,11H2,1H3;2-7,10H,8-9,11H2,1H3;2*1H/q+1;;;/p-1. The van der Waals surface area contributed by atoms with Gasteiger partial charge in [-0.05, 0) is 90.6 Å². The number of thioether (sulfide) groups is 2. The number of carbonyl (C=O) groups excluding carboxylic acids is 1. The number of hydrogen-bond acceptors (Lipinski definition) is 9. The van der Waals surface area contributed by atoms with Gasteiger partial charge >= 0.3 is 5.17 Å². The van der Waals surface area contributed by atoms with Crippen molar-refractivity contribution in [2.75, 3.05) is 61.7 Å². The Morgan fingerprint density at radius 1 is 0.865 bits per heavy atom. The smallest absolute Gasteiger partial charge is 0.316 e. The number of hydrogen-bond donors (Lipinski definition) is 1. The molecule has 7 rings (SSSR count). The molecule has 3 heterocycles. The minimum Gasteiger partial charge on any atom is -1.00 e. The summed E-state index contributed by atoms with van der Waals surface area (Å²) in [5.41, 5.74) is 2.05. The van der Waals surface area contributed by atoms with Crippen LogP contribution >= 0.6 is 86.9 Å². The van der Waals surface area contributed by atoms with E-state index in [1.165, 1.54) is 0 Å². The highest BCUT2D eigenvalue weighted by molar-refractivity contribution is 8.93. The second-order valence-corrected chi connectivity index (χ2v) is 15.1. The lowest BCUT2D eigenvalue weighted by Gasteiger charge is -2.23. The molecule has 8 nitrogen and oxygen atoms in total. The first-order valence-corrected chi connectivity index (χ1v) is 19.0. The third-order valence-corrected chi connectivity index (χ3v) is 11.9. The molecule has 0 radical (unpaired) electrons. The third kappa shape index (κ3) is 9.38. The van der Waals surface area contributed by atoms with Crippen LogP contribution in [-0.4, -0.2) is 77.7 Å². The average Bonchev–Trinajstić information content (AvgIpc) is 3.91. The van der Waals surface area contributed by atoms with E-state index in [-0.39, 0.29) is 46.3 Å². The van der Waals surface area contributed by atoms with Crippen molar-refractivity contribution in [3.63, 3.8) is 0 Å². The Hall–Kier alpha value is -2.13. The number of aliphatic imine (C=N–C) groups is 1. The molecular formula is C36H34Br2Cl4N4O4S2. The van der Waals surface area contributed by atoms with Crippen LogP contribution in [0.3, 0.4) is 0 Å². The summed E-state index contributed by atoms with van der Waals surface area (Å²) < 4.78 is 12.5. The highest BCUT2D eigenvalue weighted by Gasteiger charge is 2.54. The number of methoxy groups -OCH3 is 2. The summed E-state index contributed by atoms with van der Waals surface area (Å²) in [7, 11) is 3.27. The average molecular weight is 952 g/mol. The maximum atomic E-state index is 12.7. The van der Waals surface area contributed by atoms with E-state index in [1.807, 2.05) is 64.1 Å². The number of amidine groups is 2. The van der Waals surface area contributed by atoms with Crippen LogP contribution in [0.15, 0.2) is 89.9 Å². The molecule has 0 fully saturated rings. The van der Waals surface area contributed by atoms with Crippen LogP contribution in [-0.2, 0) is 5.72 Å². The fourth-order valence-electron chi connectivity index (χ4n) is 5.72. The molecule has 0 spiro atoms. The number of anilines is 2. The lowest BCUT2D eigenvalue weighted by atomic mass is 10.0. The second-order valence-electron chi connectivity index (χ2n) is 11.4. The van der Waals surface area contributed by atoms with Crippen LogP contribution in [0.2, 0.25) is 20.1 Å². The molecule has 1 N–H and O–H groups in total. The van der Waals surface area contributed by atoms with Gasteiger partial charge in [-0.1, -0.05) is 64.2 Å². The lowest BCUT2D eigenvalue weighted by Crippen LogP contribution is -3.00. The Morgan fingerprint density at radius 3 is 2.06 bits per heavy atom. The van der Waals surface area contributed by atoms with Gasteiger partial charge in [-0.3, -0.25) is 9.79 Å². The van der Waals surface area contributed by atoms with E-state index in [9.17, 15) is 9.90 Å². The highest BCUT2D eigenvalue weighted by atomic mass is 79.9. The maximum absolute atomic E-state index is 12.7. The third-order valence-electron chi connectivity index (χ3n) is 8.33. The quantitative estimate of drug-likeness (QED) is 0.167. The zero-order valence-corrected chi connectivity index (χ0v) is 35.9. The van der Waals surface area contributed by atoms with Gasteiger partial charge in [-0.15, -0.1) is 17.0 Å². The summed E-state index contributed by atoms with van der Waals surface area (Å²) >= 11 is 27.6. The Morgan fingerprint density at radius 2 is 1.48 bits per heavy atom. The van der Waals surface area contributed by atoms with Gasteiger partial charge in [0, 0.05) is 28.3 Å². The number of ketones is 1. The Bertz CT molecular complexity index is 1960. The van der Waals surface area contributed by atoms with Gasteiger partial charge in [0.15, 0.2) is 17.5 Å². The summed E-state index contributed by atoms with van der Waals surface area (Å²) in [6.45, 7) is 2.15. The van der Waals surface area contributed by atoms with E-state index in [1.54, 1.807) is 68.1 Å². The molecule has 3 aliphatic heterocycles. The number of ether oxygens (including phenoxy) is 2. The number of nitrogens with zero attached hydrogens (tertiary/aromatic N) is 4. The topological polar surface area (TPSA) is 77.6 Å². The first-order chi connectivity index (χ1) is 24.1. The van der Waals surface area contributed by atoms with Gasteiger partial charge in [0.1, 0.15) is 17.2 Å². The van der Waals surface area contributed by atoms with E-state index in [0.717, 1.165) is 63.4 Å². The number of carbonyl (C=O) groups is 1. The van der Waals surface area contributed by atoms with Gasteiger partial charge in [0.25, 0.3) is 5.72 Å². The molecule has 1 atom stereocenters. The van der Waals surface area contributed by atoms with E-state index >= 15 is 0 Å². The molecule has 0 amide bonds. The normalized spacial score (nSPS) is 17.3. The summed E-state index contributed by atoms with van der Waals surface area (Å²) in [5.74, 6) is 3.38. The van der Waals surface area contributed by atoms with Crippen molar-refractivity contribution in [1.82, 2.24) is 0 Å². The lowest BCUT2D eigenvalue weighted by molar-refractivity contribution is -0.650. The predicted molar refractivity (Wildman–Crippen MR) is 220 cm³/mol. The van der Waals surface area contributed by atoms with Crippen LogP contribution < -0.4 is 36.3 Å².